The Morgan fingerprint density at radius 2 is 2.29 bits per heavy atom. The lowest BCUT2D eigenvalue weighted by atomic mass is 10.1. The number of nitrogens with one attached hydrogen (secondary N) is 1. The first-order valence-corrected chi connectivity index (χ1v) is 4.95. The standard InChI is InChI=1S/C11H18N2O/c1-4-14-8-11(12-3)10-6-5-9(2)13-7-10/h5-7,11-12H,4,8H2,1-3H3. The number of hydrogen-bond donors (Lipinski definition) is 1. The molecule has 0 fully saturated rings. The molecule has 78 valence electrons. The zero-order chi connectivity index (χ0) is 10.4. The highest BCUT2D eigenvalue weighted by molar-refractivity contribution is 5.17. The predicted molar refractivity (Wildman–Crippen MR) is 57.3 cm³/mol. The third kappa shape index (κ3) is 3.09. The molecule has 0 radical (unpaired) electrons. The van der Waals surface area contributed by atoms with Crippen molar-refractivity contribution in [1.29, 1.82) is 0 Å². The van der Waals surface area contributed by atoms with Crippen LogP contribution in [0.4, 0.5) is 0 Å². The lowest BCUT2D eigenvalue weighted by Crippen LogP contribution is -2.21. The number of aromatic nitrogens is 1. The Morgan fingerprint density at radius 1 is 1.50 bits per heavy atom. The summed E-state index contributed by atoms with van der Waals surface area (Å²) in [5.41, 5.74) is 2.21. The van der Waals surface area contributed by atoms with Gasteiger partial charge in [-0.15, -0.1) is 0 Å². The Labute approximate surface area is 85.5 Å². The Hall–Kier alpha value is -0.930. The van der Waals surface area contributed by atoms with Crippen molar-refractivity contribution in [1.82, 2.24) is 10.3 Å². The molecule has 1 atom stereocenters. The van der Waals surface area contributed by atoms with Gasteiger partial charge in [-0.05, 0) is 32.5 Å². The normalized spacial score (nSPS) is 12.8. The quantitative estimate of drug-likeness (QED) is 0.774. The number of rotatable bonds is 5. The summed E-state index contributed by atoms with van der Waals surface area (Å²) in [4.78, 5) is 4.26. The molecule has 0 aliphatic heterocycles. The van der Waals surface area contributed by atoms with E-state index in [1.54, 1.807) is 0 Å². The number of pyridine rings is 1. The Morgan fingerprint density at radius 3 is 2.79 bits per heavy atom. The van der Waals surface area contributed by atoms with Crippen LogP contribution in [0.3, 0.4) is 0 Å². The Balaban J connectivity index is 2.64. The second kappa shape index (κ2) is 5.73. The van der Waals surface area contributed by atoms with Gasteiger partial charge in [0.05, 0.1) is 12.6 Å². The van der Waals surface area contributed by atoms with E-state index in [1.807, 2.05) is 33.2 Å². The fourth-order valence-electron chi connectivity index (χ4n) is 1.27. The van der Waals surface area contributed by atoms with Gasteiger partial charge in [0.25, 0.3) is 0 Å². The maximum Gasteiger partial charge on any atom is 0.0661 e. The molecule has 1 unspecified atom stereocenters. The highest BCUT2D eigenvalue weighted by Crippen LogP contribution is 2.11. The van der Waals surface area contributed by atoms with Crippen LogP contribution in [0.25, 0.3) is 0 Å². The van der Waals surface area contributed by atoms with E-state index in [0.717, 1.165) is 12.3 Å². The van der Waals surface area contributed by atoms with Crippen LogP contribution in [-0.2, 0) is 4.74 Å². The molecule has 0 spiro atoms. The molecule has 1 N–H and O–H groups in total. The van der Waals surface area contributed by atoms with Crippen molar-refractivity contribution in [3.63, 3.8) is 0 Å². The summed E-state index contributed by atoms with van der Waals surface area (Å²) in [7, 11) is 1.93. The number of hydrogen-bond acceptors (Lipinski definition) is 3. The van der Waals surface area contributed by atoms with Crippen molar-refractivity contribution in [2.75, 3.05) is 20.3 Å². The first-order valence-electron chi connectivity index (χ1n) is 4.95. The van der Waals surface area contributed by atoms with Crippen LogP contribution in [0, 0.1) is 6.92 Å². The van der Waals surface area contributed by atoms with Gasteiger partial charge in [-0.2, -0.15) is 0 Å². The minimum atomic E-state index is 0.239. The summed E-state index contributed by atoms with van der Waals surface area (Å²) >= 11 is 0. The summed E-state index contributed by atoms with van der Waals surface area (Å²) in [6.07, 6.45) is 1.90. The third-order valence-corrected chi connectivity index (χ3v) is 2.17. The zero-order valence-corrected chi connectivity index (χ0v) is 9.08. The summed E-state index contributed by atoms with van der Waals surface area (Å²) in [6.45, 7) is 5.43. The second-order valence-corrected chi connectivity index (χ2v) is 3.23. The van der Waals surface area contributed by atoms with E-state index in [9.17, 15) is 0 Å². The average Bonchev–Trinajstić information content (AvgIpc) is 2.21. The lowest BCUT2D eigenvalue weighted by molar-refractivity contribution is 0.125. The minimum absolute atomic E-state index is 0.239. The fraction of sp³-hybridized carbons (Fsp3) is 0.545. The largest absolute Gasteiger partial charge is 0.380 e. The van der Waals surface area contributed by atoms with Gasteiger partial charge in [0.15, 0.2) is 0 Å². The molecular formula is C11H18N2O. The molecule has 0 aromatic carbocycles. The topological polar surface area (TPSA) is 34.1 Å². The van der Waals surface area contributed by atoms with Crippen LogP contribution in [0.1, 0.15) is 24.2 Å². The van der Waals surface area contributed by atoms with Crippen LogP contribution in [0.5, 0.6) is 0 Å². The van der Waals surface area contributed by atoms with Crippen molar-refractivity contribution in [2.24, 2.45) is 0 Å². The first-order chi connectivity index (χ1) is 6.77. The van der Waals surface area contributed by atoms with Gasteiger partial charge in [0, 0.05) is 18.5 Å². The molecule has 1 aromatic rings. The molecule has 0 bridgehead atoms. The third-order valence-electron chi connectivity index (χ3n) is 2.17. The highest BCUT2D eigenvalue weighted by Gasteiger charge is 2.08. The zero-order valence-electron chi connectivity index (χ0n) is 9.08. The molecule has 3 heteroatoms. The fourth-order valence-corrected chi connectivity index (χ4v) is 1.27. The summed E-state index contributed by atoms with van der Waals surface area (Å²) in [5.74, 6) is 0. The van der Waals surface area contributed by atoms with E-state index >= 15 is 0 Å². The van der Waals surface area contributed by atoms with Crippen molar-refractivity contribution in [3.8, 4) is 0 Å². The van der Waals surface area contributed by atoms with Crippen LogP contribution in [0.15, 0.2) is 18.3 Å². The van der Waals surface area contributed by atoms with E-state index in [4.69, 9.17) is 4.74 Å². The van der Waals surface area contributed by atoms with E-state index < -0.39 is 0 Å². The minimum Gasteiger partial charge on any atom is -0.380 e. The summed E-state index contributed by atoms with van der Waals surface area (Å²) < 4.78 is 5.38. The number of aryl methyl sites for hydroxylation is 1. The van der Waals surface area contributed by atoms with Crippen LogP contribution >= 0.6 is 0 Å². The maximum absolute atomic E-state index is 5.38. The maximum atomic E-state index is 5.38. The van der Waals surface area contributed by atoms with Gasteiger partial charge >= 0.3 is 0 Å². The SMILES string of the molecule is CCOCC(NC)c1ccc(C)nc1. The van der Waals surface area contributed by atoms with E-state index in [0.29, 0.717) is 6.61 Å². The number of nitrogens with zero attached hydrogens (tertiary/aromatic N) is 1. The van der Waals surface area contributed by atoms with Crippen LogP contribution in [-0.4, -0.2) is 25.2 Å². The molecule has 1 heterocycles. The smallest absolute Gasteiger partial charge is 0.0661 e. The molecule has 0 aliphatic carbocycles. The molecule has 0 saturated heterocycles. The van der Waals surface area contributed by atoms with Gasteiger partial charge < -0.3 is 10.1 Å². The van der Waals surface area contributed by atoms with E-state index in [2.05, 4.69) is 16.4 Å². The summed E-state index contributed by atoms with van der Waals surface area (Å²) in [5, 5.41) is 3.21. The predicted octanol–water partition coefficient (Wildman–Crippen LogP) is 1.69. The molecule has 1 rings (SSSR count). The summed E-state index contributed by atoms with van der Waals surface area (Å²) in [6, 6.07) is 4.34. The van der Waals surface area contributed by atoms with Gasteiger partial charge in [0.2, 0.25) is 0 Å². The lowest BCUT2D eigenvalue weighted by Gasteiger charge is -2.15. The van der Waals surface area contributed by atoms with Gasteiger partial charge in [-0.1, -0.05) is 6.07 Å². The monoisotopic (exact) mass is 194 g/mol. The molecule has 3 nitrogen and oxygen atoms in total. The molecule has 14 heavy (non-hydrogen) atoms. The molecule has 0 amide bonds. The molecule has 1 aromatic heterocycles. The highest BCUT2D eigenvalue weighted by atomic mass is 16.5. The van der Waals surface area contributed by atoms with Gasteiger partial charge in [-0.25, -0.2) is 0 Å². The van der Waals surface area contributed by atoms with Crippen molar-refractivity contribution in [2.45, 2.75) is 19.9 Å². The molecular weight excluding hydrogens is 176 g/mol. The Kier molecular flexibility index (Phi) is 4.56. The van der Waals surface area contributed by atoms with Crippen molar-refractivity contribution >= 4 is 0 Å². The van der Waals surface area contributed by atoms with E-state index in [-0.39, 0.29) is 6.04 Å². The molecule has 0 saturated carbocycles. The molecule has 0 aliphatic rings. The van der Waals surface area contributed by atoms with Crippen LogP contribution in [0.2, 0.25) is 0 Å². The van der Waals surface area contributed by atoms with Gasteiger partial charge in [0.1, 0.15) is 0 Å². The van der Waals surface area contributed by atoms with E-state index in [1.165, 1.54) is 5.56 Å². The number of likely N-dealkylation sites (N-methyl/N-ethyl adjacent to an activating group) is 1. The average molecular weight is 194 g/mol. The second-order valence-electron chi connectivity index (χ2n) is 3.23. The first kappa shape index (κ1) is 11.1. The van der Waals surface area contributed by atoms with Crippen molar-refractivity contribution in [3.05, 3.63) is 29.6 Å². The van der Waals surface area contributed by atoms with Gasteiger partial charge in [-0.3, -0.25) is 4.98 Å². The van der Waals surface area contributed by atoms with Crippen LogP contribution < -0.4 is 5.32 Å². The Bertz CT molecular complexity index is 258. The van der Waals surface area contributed by atoms with Crippen molar-refractivity contribution < 1.29 is 4.74 Å². The number of ether oxygens (including phenoxy) is 1.